The van der Waals surface area contributed by atoms with E-state index in [1.807, 2.05) is 13.0 Å². The Bertz CT molecular complexity index is 677. The lowest BCUT2D eigenvalue weighted by Gasteiger charge is -2.11. The van der Waals surface area contributed by atoms with E-state index in [0.29, 0.717) is 18.0 Å². The van der Waals surface area contributed by atoms with E-state index >= 15 is 0 Å². The smallest absolute Gasteiger partial charge is 0.275 e. The summed E-state index contributed by atoms with van der Waals surface area (Å²) in [5, 5.41) is 2.98. The SMILES string of the molecule is CCOc1ccccc1NC(=O)c1ncc(Cl)c(Cl)c1Cl. The molecule has 110 valence electrons. The topological polar surface area (TPSA) is 51.2 Å². The standard InChI is InChI=1S/C14H11Cl3N2O2/c1-2-21-10-6-4-3-5-9(10)19-14(20)13-12(17)11(16)8(15)7-18-13/h3-7H,2H2,1H3,(H,19,20). The van der Waals surface area contributed by atoms with Crippen molar-refractivity contribution >= 4 is 46.4 Å². The van der Waals surface area contributed by atoms with E-state index in [4.69, 9.17) is 39.5 Å². The van der Waals surface area contributed by atoms with Crippen molar-refractivity contribution in [2.45, 2.75) is 6.92 Å². The van der Waals surface area contributed by atoms with Crippen LogP contribution in [0, 0.1) is 0 Å². The third-order valence-electron chi connectivity index (χ3n) is 2.57. The number of nitrogens with zero attached hydrogens (tertiary/aromatic N) is 1. The lowest BCUT2D eigenvalue weighted by atomic mass is 10.2. The number of benzene rings is 1. The molecule has 0 aliphatic rings. The highest BCUT2D eigenvalue weighted by atomic mass is 35.5. The molecule has 0 aliphatic heterocycles. The van der Waals surface area contributed by atoms with Gasteiger partial charge in [0.05, 0.1) is 27.4 Å². The van der Waals surface area contributed by atoms with Crippen molar-refractivity contribution in [2.75, 3.05) is 11.9 Å². The van der Waals surface area contributed by atoms with Gasteiger partial charge in [0.25, 0.3) is 5.91 Å². The Morgan fingerprint density at radius 1 is 1.24 bits per heavy atom. The number of rotatable bonds is 4. The summed E-state index contributed by atoms with van der Waals surface area (Å²) in [7, 11) is 0. The summed E-state index contributed by atoms with van der Waals surface area (Å²) in [5.74, 6) is 0.0650. The van der Waals surface area contributed by atoms with Gasteiger partial charge >= 0.3 is 0 Å². The van der Waals surface area contributed by atoms with Crippen molar-refractivity contribution in [1.29, 1.82) is 0 Å². The Morgan fingerprint density at radius 2 is 1.95 bits per heavy atom. The second-order valence-corrected chi connectivity index (χ2v) is 5.13. The lowest BCUT2D eigenvalue weighted by molar-refractivity contribution is 0.102. The molecule has 0 bridgehead atoms. The molecule has 2 aromatic rings. The van der Waals surface area contributed by atoms with Gasteiger partial charge in [0, 0.05) is 6.20 Å². The fraction of sp³-hybridized carbons (Fsp3) is 0.143. The first kappa shape index (κ1) is 15.9. The van der Waals surface area contributed by atoms with Crippen LogP contribution in [0.1, 0.15) is 17.4 Å². The van der Waals surface area contributed by atoms with Crippen molar-refractivity contribution < 1.29 is 9.53 Å². The second-order valence-electron chi connectivity index (χ2n) is 3.97. The zero-order chi connectivity index (χ0) is 15.4. The van der Waals surface area contributed by atoms with Gasteiger partial charge < -0.3 is 10.1 Å². The Labute approximate surface area is 137 Å². The normalized spacial score (nSPS) is 10.3. The zero-order valence-electron chi connectivity index (χ0n) is 11.0. The average Bonchev–Trinajstić information content (AvgIpc) is 2.47. The van der Waals surface area contributed by atoms with Crippen LogP contribution in [-0.2, 0) is 0 Å². The number of hydrogen-bond acceptors (Lipinski definition) is 3. The minimum absolute atomic E-state index is 0.00244. The van der Waals surface area contributed by atoms with Crippen LogP contribution in [0.25, 0.3) is 0 Å². The maximum atomic E-state index is 12.2. The van der Waals surface area contributed by atoms with Gasteiger partial charge in [-0.25, -0.2) is 4.98 Å². The predicted molar refractivity (Wildman–Crippen MR) is 84.8 cm³/mol. The third-order valence-corrected chi connectivity index (χ3v) is 3.81. The van der Waals surface area contributed by atoms with Crippen LogP contribution in [-0.4, -0.2) is 17.5 Å². The monoisotopic (exact) mass is 344 g/mol. The minimum Gasteiger partial charge on any atom is -0.492 e. The number of carbonyl (C=O) groups is 1. The number of amides is 1. The molecule has 0 saturated carbocycles. The number of hydrogen-bond donors (Lipinski definition) is 1. The molecular formula is C14H11Cl3N2O2. The van der Waals surface area contributed by atoms with Gasteiger partial charge in [0.1, 0.15) is 11.4 Å². The number of carbonyl (C=O) groups excluding carboxylic acids is 1. The largest absolute Gasteiger partial charge is 0.492 e. The fourth-order valence-electron chi connectivity index (χ4n) is 1.63. The van der Waals surface area contributed by atoms with E-state index in [1.54, 1.807) is 18.2 Å². The molecule has 0 aliphatic carbocycles. The Balaban J connectivity index is 2.29. The third kappa shape index (κ3) is 3.59. The van der Waals surface area contributed by atoms with Crippen molar-refractivity contribution in [3.8, 4) is 5.75 Å². The molecule has 0 fully saturated rings. The van der Waals surface area contributed by atoms with Crippen LogP contribution in [0.5, 0.6) is 5.75 Å². The molecule has 0 atom stereocenters. The summed E-state index contributed by atoms with van der Waals surface area (Å²) in [6, 6.07) is 7.06. The first-order valence-corrected chi connectivity index (χ1v) is 7.20. The number of aromatic nitrogens is 1. The maximum absolute atomic E-state index is 12.2. The van der Waals surface area contributed by atoms with Gasteiger partial charge in [0.2, 0.25) is 0 Å². The predicted octanol–water partition coefficient (Wildman–Crippen LogP) is 4.69. The first-order chi connectivity index (χ1) is 10.0. The molecule has 7 heteroatoms. The molecule has 21 heavy (non-hydrogen) atoms. The van der Waals surface area contributed by atoms with Crippen LogP contribution >= 0.6 is 34.8 Å². The molecule has 1 heterocycles. The average molecular weight is 346 g/mol. The lowest BCUT2D eigenvalue weighted by Crippen LogP contribution is -2.15. The molecule has 0 radical (unpaired) electrons. The highest BCUT2D eigenvalue weighted by molar-refractivity contribution is 6.49. The van der Waals surface area contributed by atoms with Crippen LogP contribution < -0.4 is 10.1 Å². The van der Waals surface area contributed by atoms with Gasteiger partial charge in [-0.05, 0) is 19.1 Å². The van der Waals surface area contributed by atoms with Crippen molar-refractivity contribution in [3.63, 3.8) is 0 Å². The van der Waals surface area contributed by atoms with Crippen LogP contribution in [0.3, 0.4) is 0 Å². The van der Waals surface area contributed by atoms with Crippen LogP contribution in [0.2, 0.25) is 15.1 Å². The first-order valence-electron chi connectivity index (χ1n) is 6.07. The van der Waals surface area contributed by atoms with Crippen molar-refractivity contribution in [3.05, 3.63) is 51.2 Å². The molecule has 2 rings (SSSR count). The summed E-state index contributed by atoms with van der Waals surface area (Å²) >= 11 is 17.7. The number of anilines is 1. The maximum Gasteiger partial charge on any atom is 0.275 e. The molecule has 0 unspecified atom stereocenters. The van der Waals surface area contributed by atoms with E-state index in [0.717, 1.165) is 0 Å². The van der Waals surface area contributed by atoms with Crippen molar-refractivity contribution in [2.24, 2.45) is 0 Å². The van der Waals surface area contributed by atoms with E-state index in [9.17, 15) is 4.79 Å². The van der Waals surface area contributed by atoms with E-state index < -0.39 is 5.91 Å². The molecule has 1 aromatic heterocycles. The van der Waals surface area contributed by atoms with Gasteiger partial charge in [-0.3, -0.25) is 4.79 Å². The van der Waals surface area contributed by atoms with E-state index in [-0.39, 0.29) is 20.8 Å². The summed E-state index contributed by atoms with van der Waals surface area (Å²) in [6.07, 6.45) is 1.28. The molecule has 1 amide bonds. The van der Waals surface area contributed by atoms with Gasteiger partial charge in [0.15, 0.2) is 0 Å². The Morgan fingerprint density at radius 3 is 2.67 bits per heavy atom. The van der Waals surface area contributed by atoms with Gasteiger partial charge in [-0.2, -0.15) is 0 Å². The van der Waals surface area contributed by atoms with Gasteiger partial charge in [-0.1, -0.05) is 46.9 Å². The fourth-order valence-corrected chi connectivity index (χ4v) is 2.20. The summed E-state index contributed by atoms with van der Waals surface area (Å²) < 4.78 is 5.43. The van der Waals surface area contributed by atoms with Gasteiger partial charge in [-0.15, -0.1) is 0 Å². The number of nitrogens with one attached hydrogen (secondary N) is 1. The van der Waals surface area contributed by atoms with Crippen LogP contribution in [0.15, 0.2) is 30.5 Å². The minimum atomic E-state index is -0.495. The number of pyridine rings is 1. The van der Waals surface area contributed by atoms with E-state index in [2.05, 4.69) is 10.3 Å². The Kier molecular flexibility index (Phi) is 5.28. The second kappa shape index (κ2) is 6.98. The zero-order valence-corrected chi connectivity index (χ0v) is 13.3. The molecule has 0 saturated heterocycles. The number of halogens is 3. The van der Waals surface area contributed by atoms with E-state index in [1.165, 1.54) is 6.20 Å². The quantitative estimate of drug-likeness (QED) is 0.874. The van der Waals surface area contributed by atoms with Crippen molar-refractivity contribution in [1.82, 2.24) is 4.98 Å². The number of para-hydroxylation sites is 2. The highest BCUT2D eigenvalue weighted by Crippen LogP contribution is 2.32. The molecule has 1 N–H and O–H groups in total. The summed E-state index contributed by atoms with van der Waals surface area (Å²) in [6.45, 7) is 2.34. The molecular weight excluding hydrogens is 335 g/mol. The van der Waals surface area contributed by atoms with Crippen LogP contribution in [0.4, 0.5) is 5.69 Å². The molecule has 1 aromatic carbocycles. The number of ether oxygens (including phenoxy) is 1. The highest BCUT2D eigenvalue weighted by Gasteiger charge is 2.18. The molecule has 0 spiro atoms. The molecule has 4 nitrogen and oxygen atoms in total. The summed E-state index contributed by atoms with van der Waals surface area (Å²) in [5.41, 5.74) is 0.519. The Hall–Kier alpha value is -1.49. The summed E-state index contributed by atoms with van der Waals surface area (Å²) in [4.78, 5) is 16.1.